The summed E-state index contributed by atoms with van der Waals surface area (Å²) in [6, 6.07) is 6.36. The fourth-order valence-corrected chi connectivity index (χ4v) is 2.80. The molecule has 19 heavy (non-hydrogen) atoms. The van der Waals surface area contributed by atoms with E-state index in [0.717, 1.165) is 18.4 Å². The van der Waals surface area contributed by atoms with Gasteiger partial charge in [0.25, 0.3) is 0 Å². The molecule has 0 spiro atoms. The summed E-state index contributed by atoms with van der Waals surface area (Å²) >= 11 is 0. The molecule has 0 aliphatic heterocycles. The molecule has 3 nitrogen and oxygen atoms in total. The van der Waals surface area contributed by atoms with Crippen molar-refractivity contribution < 1.29 is 9.84 Å². The van der Waals surface area contributed by atoms with Crippen LogP contribution >= 0.6 is 0 Å². The Morgan fingerprint density at radius 2 is 1.95 bits per heavy atom. The molecule has 1 aromatic carbocycles. The maximum absolute atomic E-state index is 9.69. The van der Waals surface area contributed by atoms with Crippen molar-refractivity contribution in [2.24, 2.45) is 11.8 Å². The van der Waals surface area contributed by atoms with Crippen molar-refractivity contribution in [1.29, 1.82) is 0 Å². The highest BCUT2D eigenvalue weighted by Crippen LogP contribution is 2.44. The van der Waals surface area contributed by atoms with Crippen molar-refractivity contribution in [2.75, 3.05) is 6.61 Å². The highest BCUT2D eigenvalue weighted by atomic mass is 16.5. The van der Waals surface area contributed by atoms with Gasteiger partial charge >= 0.3 is 0 Å². The lowest BCUT2D eigenvalue weighted by Gasteiger charge is -2.18. The van der Waals surface area contributed by atoms with Gasteiger partial charge in [-0.25, -0.2) is 0 Å². The summed E-state index contributed by atoms with van der Waals surface area (Å²) < 4.78 is 5.43. The predicted octanol–water partition coefficient (Wildman–Crippen LogP) is 3.07. The van der Waals surface area contributed by atoms with E-state index in [4.69, 9.17) is 4.74 Å². The molecule has 2 aliphatic carbocycles. The quantitative estimate of drug-likeness (QED) is 0.792. The maximum atomic E-state index is 9.69. The largest absolute Gasteiger partial charge is 0.504 e. The van der Waals surface area contributed by atoms with Gasteiger partial charge in [0.15, 0.2) is 11.5 Å². The molecule has 3 heteroatoms. The Labute approximate surface area is 115 Å². The van der Waals surface area contributed by atoms with Crippen molar-refractivity contribution in [3.63, 3.8) is 0 Å². The lowest BCUT2D eigenvalue weighted by atomic mass is 10.1. The van der Waals surface area contributed by atoms with Crippen LogP contribution in [0.2, 0.25) is 0 Å². The summed E-state index contributed by atoms with van der Waals surface area (Å²) in [4.78, 5) is 0. The van der Waals surface area contributed by atoms with Crippen molar-refractivity contribution in [2.45, 2.75) is 45.2 Å². The predicted molar refractivity (Wildman–Crippen MR) is 75.4 cm³/mol. The van der Waals surface area contributed by atoms with Gasteiger partial charge in [-0.15, -0.1) is 0 Å². The summed E-state index contributed by atoms with van der Waals surface area (Å²) in [5.74, 6) is 2.65. The Morgan fingerprint density at radius 3 is 2.53 bits per heavy atom. The minimum Gasteiger partial charge on any atom is -0.504 e. The molecule has 2 saturated carbocycles. The number of phenols is 1. The molecule has 0 atom stereocenters. The van der Waals surface area contributed by atoms with Gasteiger partial charge in [0.05, 0.1) is 6.61 Å². The maximum Gasteiger partial charge on any atom is 0.161 e. The number of ether oxygens (including phenoxy) is 1. The first-order chi connectivity index (χ1) is 9.28. The van der Waals surface area contributed by atoms with E-state index >= 15 is 0 Å². The first-order valence-corrected chi connectivity index (χ1v) is 7.46. The topological polar surface area (TPSA) is 41.5 Å². The molecule has 2 fully saturated rings. The van der Waals surface area contributed by atoms with Crippen LogP contribution in [0.15, 0.2) is 18.2 Å². The van der Waals surface area contributed by atoms with E-state index < -0.39 is 0 Å². The molecule has 0 aromatic heterocycles. The number of rotatable bonds is 7. The van der Waals surface area contributed by atoms with E-state index in [9.17, 15) is 5.11 Å². The van der Waals surface area contributed by atoms with Crippen LogP contribution in [-0.2, 0) is 6.54 Å². The highest BCUT2D eigenvalue weighted by molar-refractivity contribution is 5.41. The van der Waals surface area contributed by atoms with E-state index in [1.54, 1.807) is 6.07 Å². The van der Waals surface area contributed by atoms with Gasteiger partial charge in [0.1, 0.15) is 0 Å². The third kappa shape index (κ3) is 3.21. The monoisotopic (exact) mass is 261 g/mol. The minimum absolute atomic E-state index is 0.228. The van der Waals surface area contributed by atoms with Crippen molar-refractivity contribution in [1.82, 2.24) is 5.32 Å². The van der Waals surface area contributed by atoms with Gasteiger partial charge in [-0.3, -0.25) is 0 Å². The Morgan fingerprint density at radius 1 is 1.26 bits per heavy atom. The van der Waals surface area contributed by atoms with E-state index in [-0.39, 0.29) is 5.75 Å². The molecule has 0 saturated heterocycles. The molecule has 0 bridgehead atoms. The van der Waals surface area contributed by atoms with E-state index in [1.807, 2.05) is 19.1 Å². The average Bonchev–Trinajstić information content (AvgIpc) is 3.27. The van der Waals surface area contributed by atoms with E-state index in [2.05, 4.69) is 5.32 Å². The lowest BCUT2D eigenvalue weighted by Crippen LogP contribution is -2.32. The first kappa shape index (κ1) is 12.8. The Kier molecular flexibility index (Phi) is 3.65. The summed E-state index contributed by atoms with van der Waals surface area (Å²) in [5, 5.41) is 13.4. The van der Waals surface area contributed by atoms with Gasteiger partial charge in [0.2, 0.25) is 0 Å². The number of hydrogen-bond donors (Lipinski definition) is 2. The number of benzene rings is 1. The fourth-order valence-electron chi connectivity index (χ4n) is 2.80. The summed E-state index contributed by atoms with van der Waals surface area (Å²) in [6.07, 6.45) is 5.59. The zero-order valence-corrected chi connectivity index (χ0v) is 11.6. The average molecular weight is 261 g/mol. The molecule has 2 aliphatic rings. The van der Waals surface area contributed by atoms with Gasteiger partial charge in [-0.2, -0.15) is 0 Å². The zero-order chi connectivity index (χ0) is 13.2. The molecule has 0 heterocycles. The van der Waals surface area contributed by atoms with Gasteiger partial charge < -0.3 is 15.2 Å². The van der Waals surface area contributed by atoms with E-state index in [1.165, 1.54) is 31.2 Å². The Hall–Kier alpha value is -1.22. The van der Waals surface area contributed by atoms with Crippen LogP contribution in [0.1, 0.15) is 38.2 Å². The van der Waals surface area contributed by atoms with Crippen molar-refractivity contribution in [3.05, 3.63) is 23.8 Å². The van der Waals surface area contributed by atoms with Crippen LogP contribution < -0.4 is 10.1 Å². The van der Waals surface area contributed by atoms with Crippen LogP contribution in [0.5, 0.6) is 11.5 Å². The van der Waals surface area contributed by atoms with E-state index in [0.29, 0.717) is 18.4 Å². The Bertz CT molecular complexity index is 426. The molecule has 0 unspecified atom stereocenters. The summed E-state index contributed by atoms with van der Waals surface area (Å²) in [7, 11) is 0. The molecule has 0 radical (unpaired) electrons. The molecular weight excluding hydrogens is 238 g/mol. The third-order valence-corrected chi connectivity index (χ3v) is 4.13. The normalized spacial score (nSPS) is 18.8. The smallest absolute Gasteiger partial charge is 0.161 e. The van der Waals surface area contributed by atoms with Gasteiger partial charge in [-0.1, -0.05) is 6.07 Å². The number of hydrogen-bond acceptors (Lipinski definition) is 3. The zero-order valence-electron chi connectivity index (χ0n) is 11.6. The molecule has 104 valence electrons. The van der Waals surface area contributed by atoms with Crippen LogP contribution in [0.3, 0.4) is 0 Å². The highest BCUT2D eigenvalue weighted by Gasteiger charge is 2.40. The van der Waals surface area contributed by atoms with Crippen LogP contribution in [0, 0.1) is 11.8 Å². The lowest BCUT2D eigenvalue weighted by molar-refractivity contribution is 0.317. The van der Waals surface area contributed by atoms with Crippen LogP contribution in [0.25, 0.3) is 0 Å². The molecule has 3 rings (SSSR count). The molecule has 0 amide bonds. The fraction of sp³-hybridized carbons (Fsp3) is 0.625. The van der Waals surface area contributed by atoms with Crippen LogP contribution in [0.4, 0.5) is 0 Å². The second-order valence-corrected chi connectivity index (χ2v) is 5.82. The van der Waals surface area contributed by atoms with Crippen LogP contribution in [-0.4, -0.2) is 17.8 Å². The van der Waals surface area contributed by atoms with Gasteiger partial charge in [-0.05, 0) is 62.1 Å². The standard InChI is InChI=1S/C16H23NO2/c1-2-19-15-9-11(3-8-14(15)18)10-17-16(12-4-5-12)13-6-7-13/h3,8-9,12-13,16-18H,2,4-7,10H2,1H3. The summed E-state index contributed by atoms with van der Waals surface area (Å²) in [5.41, 5.74) is 1.19. The molecular formula is C16H23NO2. The molecule has 2 N–H and O–H groups in total. The summed E-state index contributed by atoms with van der Waals surface area (Å²) in [6.45, 7) is 3.38. The molecule has 1 aromatic rings. The third-order valence-electron chi connectivity index (χ3n) is 4.13. The number of phenolic OH excluding ortho intramolecular Hbond substituents is 1. The minimum atomic E-state index is 0.228. The number of aromatic hydroxyl groups is 1. The Balaban J connectivity index is 1.60. The van der Waals surface area contributed by atoms with Gasteiger partial charge in [0, 0.05) is 12.6 Å². The SMILES string of the molecule is CCOc1cc(CNC(C2CC2)C2CC2)ccc1O. The first-order valence-electron chi connectivity index (χ1n) is 7.46. The van der Waals surface area contributed by atoms with Crippen molar-refractivity contribution in [3.8, 4) is 11.5 Å². The second kappa shape index (κ2) is 5.41. The second-order valence-electron chi connectivity index (χ2n) is 5.82. The van der Waals surface area contributed by atoms with Crippen molar-refractivity contribution >= 4 is 0 Å². The number of nitrogens with one attached hydrogen (secondary N) is 1.